The molecule has 5 heteroatoms. The highest BCUT2D eigenvalue weighted by molar-refractivity contribution is 5.68. The SMILES string of the molecule is CC(C)(C)OC(=O)N1CCC1.CCCCOC1(c2ccccc2C)CNC1. The van der Waals surface area contributed by atoms with Crippen LogP contribution in [0.15, 0.2) is 24.3 Å². The summed E-state index contributed by atoms with van der Waals surface area (Å²) in [6.07, 6.45) is 3.27. The highest BCUT2D eigenvalue weighted by Crippen LogP contribution is 2.32. The number of amides is 1. The number of nitrogens with zero attached hydrogens (tertiary/aromatic N) is 1. The molecule has 1 aromatic rings. The van der Waals surface area contributed by atoms with Crippen molar-refractivity contribution in [3.05, 3.63) is 35.4 Å². The lowest BCUT2D eigenvalue weighted by molar-refractivity contribution is -0.0879. The van der Waals surface area contributed by atoms with Gasteiger partial charge in [-0.05, 0) is 51.7 Å². The van der Waals surface area contributed by atoms with Crippen LogP contribution in [0.4, 0.5) is 4.79 Å². The van der Waals surface area contributed by atoms with Gasteiger partial charge in [-0.3, -0.25) is 0 Å². The summed E-state index contributed by atoms with van der Waals surface area (Å²) in [6, 6.07) is 8.55. The highest BCUT2D eigenvalue weighted by Gasteiger charge is 2.40. The number of likely N-dealkylation sites (tertiary alicyclic amines) is 1. The molecule has 2 aliphatic rings. The maximum Gasteiger partial charge on any atom is 0.410 e. The number of carbonyl (C=O) groups is 1. The van der Waals surface area contributed by atoms with E-state index in [1.54, 1.807) is 4.90 Å². The van der Waals surface area contributed by atoms with Gasteiger partial charge in [-0.25, -0.2) is 4.79 Å². The lowest BCUT2D eigenvalue weighted by atomic mass is 9.85. The van der Waals surface area contributed by atoms with Crippen molar-refractivity contribution in [3.8, 4) is 0 Å². The number of ether oxygens (including phenoxy) is 2. The molecule has 0 atom stereocenters. The van der Waals surface area contributed by atoms with E-state index in [9.17, 15) is 4.79 Å². The largest absolute Gasteiger partial charge is 0.444 e. The molecule has 2 heterocycles. The van der Waals surface area contributed by atoms with Crippen molar-refractivity contribution in [1.29, 1.82) is 0 Å². The Morgan fingerprint density at radius 3 is 2.33 bits per heavy atom. The molecule has 1 aromatic carbocycles. The van der Waals surface area contributed by atoms with Crippen molar-refractivity contribution < 1.29 is 14.3 Å². The molecule has 2 saturated heterocycles. The second-order valence-electron chi connectivity index (χ2n) is 8.44. The van der Waals surface area contributed by atoms with Crippen LogP contribution in [0, 0.1) is 6.92 Å². The van der Waals surface area contributed by atoms with E-state index in [1.807, 2.05) is 20.8 Å². The predicted octanol–water partition coefficient (Wildman–Crippen LogP) is 4.24. The Morgan fingerprint density at radius 2 is 1.89 bits per heavy atom. The summed E-state index contributed by atoms with van der Waals surface area (Å²) in [4.78, 5) is 12.9. The third-order valence-electron chi connectivity index (χ3n) is 4.84. The summed E-state index contributed by atoms with van der Waals surface area (Å²) in [7, 11) is 0. The molecule has 27 heavy (non-hydrogen) atoms. The van der Waals surface area contributed by atoms with Crippen molar-refractivity contribution >= 4 is 6.09 Å². The van der Waals surface area contributed by atoms with Crippen molar-refractivity contribution in [2.75, 3.05) is 32.8 Å². The van der Waals surface area contributed by atoms with Crippen LogP contribution in [0.1, 0.15) is 58.1 Å². The zero-order valence-corrected chi connectivity index (χ0v) is 17.6. The molecule has 2 aliphatic heterocycles. The summed E-state index contributed by atoms with van der Waals surface area (Å²) in [5.74, 6) is 0. The quantitative estimate of drug-likeness (QED) is 0.781. The molecule has 0 bridgehead atoms. The first-order chi connectivity index (χ1) is 12.8. The van der Waals surface area contributed by atoms with E-state index in [-0.39, 0.29) is 17.3 Å². The Balaban J connectivity index is 0.000000208. The summed E-state index contributed by atoms with van der Waals surface area (Å²) in [5, 5.41) is 3.33. The molecule has 5 nitrogen and oxygen atoms in total. The Labute approximate surface area is 164 Å². The van der Waals surface area contributed by atoms with Gasteiger partial charge in [-0.1, -0.05) is 37.6 Å². The number of nitrogens with one attached hydrogen (secondary N) is 1. The van der Waals surface area contributed by atoms with Crippen LogP contribution in [-0.4, -0.2) is 49.4 Å². The van der Waals surface area contributed by atoms with Gasteiger partial charge in [0.2, 0.25) is 0 Å². The van der Waals surface area contributed by atoms with Gasteiger partial charge in [0.1, 0.15) is 11.2 Å². The highest BCUT2D eigenvalue weighted by atomic mass is 16.6. The normalized spacial score (nSPS) is 17.9. The van der Waals surface area contributed by atoms with E-state index in [0.29, 0.717) is 0 Å². The van der Waals surface area contributed by atoms with Crippen molar-refractivity contribution in [2.45, 2.75) is 65.1 Å². The van der Waals surface area contributed by atoms with Gasteiger partial charge >= 0.3 is 6.09 Å². The maximum atomic E-state index is 11.1. The fourth-order valence-corrected chi connectivity index (χ4v) is 3.04. The van der Waals surface area contributed by atoms with Crippen LogP contribution in [0.25, 0.3) is 0 Å². The van der Waals surface area contributed by atoms with Crippen molar-refractivity contribution in [3.63, 3.8) is 0 Å². The van der Waals surface area contributed by atoms with Crippen LogP contribution in [0.3, 0.4) is 0 Å². The predicted molar refractivity (Wildman–Crippen MR) is 109 cm³/mol. The Hall–Kier alpha value is -1.59. The van der Waals surface area contributed by atoms with Gasteiger partial charge in [-0.15, -0.1) is 0 Å². The second kappa shape index (κ2) is 9.56. The van der Waals surface area contributed by atoms with E-state index >= 15 is 0 Å². The molecule has 0 aromatic heterocycles. The molecular weight excluding hydrogens is 340 g/mol. The standard InChI is InChI=1S/C14H21NO.C8H15NO2/c1-3-4-9-16-14(10-15-11-14)13-8-6-5-7-12(13)2;1-8(2,3)11-7(10)9-5-4-6-9/h5-8,15H,3-4,9-11H2,1-2H3;4-6H2,1-3H3. The Bertz CT molecular complexity index is 602. The molecule has 152 valence electrons. The minimum Gasteiger partial charge on any atom is -0.444 e. The van der Waals surface area contributed by atoms with Crippen molar-refractivity contribution in [1.82, 2.24) is 10.2 Å². The van der Waals surface area contributed by atoms with Crippen LogP contribution >= 0.6 is 0 Å². The van der Waals surface area contributed by atoms with Gasteiger partial charge < -0.3 is 19.7 Å². The maximum absolute atomic E-state index is 11.1. The Morgan fingerprint density at radius 1 is 1.22 bits per heavy atom. The summed E-state index contributed by atoms with van der Waals surface area (Å²) in [6.45, 7) is 14.5. The number of hydrogen-bond acceptors (Lipinski definition) is 4. The molecule has 0 spiro atoms. The molecule has 3 rings (SSSR count). The third-order valence-corrected chi connectivity index (χ3v) is 4.84. The van der Waals surface area contributed by atoms with E-state index in [0.717, 1.165) is 45.6 Å². The molecule has 2 fully saturated rings. The first kappa shape index (κ1) is 21.7. The minimum atomic E-state index is -0.354. The lowest BCUT2D eigenvalue weighted by Gasteiger charge is -2.43. The zero-order chi connectivity index (χ0) is 19.9. The zero-order valence-electron chi connectivity index (χ0n) is 17.6. The van der Waals surface area contributed by atoms with E-state index < -0.39 is 0 Å². The Kier molecular flexibility index (Phi) is 7.68. The van der Waals surface area contributed by atoms with Gasteiger partial charge in [0.05, 0.1) is 0 Å². The van der Waals surface area contributed by atoms with E-state index in [1.165, 1.54) is 17.5 Å². The average molecular weight is 377 g/mol. The molecule has 0 saturated carbocycles. The monoisotopic (exact) mass is 376 g/mol. The van der Waals surface area contributed by atoms with E-state index in [2.05, 4.69) is 43.4 Å². The molecule has 0 radical (unpaired) electrons. The molecule has 1 N–H and O–H groups in total. The van der Waals surface area contributed by atoms with Gasteiger partial charge in [0.15, 0.2) is 0 Å². The topological polar surface area (TPSA) is 50.8 Å². The minimum absolute atomic E-state index is 0.0550. The third kappa shape index (κ3) is 6.22. The fraction of sp³-hybridized carbons (Fsp3) is 0.682. The summed E-state index contributed by atoms with van der Waals surface area (Å²) in [5.41, 5.74) is 2.28. The number of unbranched alkanes of at least 4 members (excludes halogenated alkanes) is 1. The number of carbonyl (C=O) groups excluding carboxylic acids is 1. The number of rotatable bonds is 5. The number of hydrogen-bond donors (Lipinski definition) is 1. The molecular formula is C22H36N2O3. The summed E-state index contributed by atoms with van der Waals surface area (Å²) < 4.78 is 11.2. The summed E-state index contributed by atoms with van der Waals surface area (Å²) >= 11 is 0. The van der Waals surface area contributed by atoms with Gasteiger partial charge in [0, 0.05) is 32.8 Å². The lowest BCUT2D eigenvalue weighted by Crippen LogP contribution is -2.58. The second-order valence-corrected chi connectivity index (χ2v) is 8.44. The van der Waals surface area contributed by atoms with Crippen LogP contribution in [0.2, 0.25) is 0 Å². The van der Waals surface area contributed by atoms with Crippen LogP contribution in [0.5, 0.6) is 0 Å². The molecule has 1 amide bonds. The van der Waals surface area contributed by atoms with Crippen molar-refractivity contribution in [2.24, 2.45) is 0 Å². The fourth-order valence-electron chi connectivity index (χ4n) is 3.04. The average Bonchev–Trinajstić information content (AvgIpc) is 2.48. The number of benzene rings is 1. The molecule has 0 unspecified atom stereocenters. The smallest absolute Gasteiger partial charge is 0.410 e. The van der Waals surface area contributed by atoms with Crippen LogP contribution in [-0.2, 0) is 15.1 Å². The van der Waals surface area contributed by atoms with Gasteiger partial charge in [-0.2, -0.15) is 0 Å². The van der Waals surface area contributed by atoms with E-state index in [4.69, 9.17) is 9.47 Å². The first-order valence-corrected chi connectivity index (χ1v) is 10.2. The van der Waals surface area contributed by atoms with Crippen LogP contribution < -0.4 is 5.32 Å². The number of aryl methyl sites for hydroxylation is 1. The first-order valence-electron chi connectivity index (χ1n) is 10.2. The van der Waals surface area contributed by atoms with Gasteiger partial charge in [0.25, 0.3) is 0 Å². The molecule has 0 aliphatic carbocycles.